The monoisotopic (exact) mass is 459 g/mol. The summed E-state index contributed by atoms with van der Waals surface area (Å²) in [5.74, 6) is 0.392. The van der Waals surface area contributed by atoms with Gasteiger partial charge in [-0.1, -0.05) is 12.1 Å². The van der Waals surface area contributed by atoms with E-state index in [-0.39, 0.29) is 17.3 Å². The fourth-order valence-electron chi connectivity index (χ4n) is 3.66. The number of amides is 1. The lowest BCUT2D eigenvalue weighted by atomic mass is 10.1. The summed E-state index contributed by atoms with van der Waals surface area (Å²) in [6, 6.07) is 9.59. The minimum Gasteiger partial charge on any atom is -0.459 e. The number of rotatable bonds is 5. The van der Waals surface area contributed by atoms with Crippen molar-refractivity contribution in [1.82, 2.24) is 9.88 Å². The van der Waals surface area contributed by atoms with Crippen LogP contribution in [0.4, 0.5) is 24.7 Å². The van der Waals surface area contributed by atoms with E-state index in [1.165, 1.54) is 24.5 Å². The highest BCUT2D eigenvalue weighted by atomic mass is 19.4. The summed E-state index contributed by atoms with van der Waals surface area (Å²) >= 11 is 0. The van der Waals surface area contributed by atoms with Crippen LogP contribution in [-0.4, -0.2) is 48.0 Å². The number of carbonyl (C=O) groups excluding carboxylic acids is 1. The summed E-state index contributed by atoms with van der Waals surface area (Å²) in [6.07, 6.45) is -3.09. The number of benzene rings is 1. The van der Waals surface area contributed by atoms with Crippen molar-refractivity contribution in [2.75, 3.05) is 36.4 Å². The number of carbonyl (C=O) groups is 1. The van der Waals surface area contributed by atoms with Crippen LogP contribution < -0.4 is 10.2 Å². The molecule has 1 amide bonds. The van der Waals surface area contributed by atoms with Crippen molar-refractivity contribution >= 4 is 17.5 Å². The fourth-order valence-corrected chi connectivity index (χ4v) is 3.66. The van der Waals surface area contributed by atoms with Crippen molar-refractivity contribution in [3.63, 3.8) is 0 Å². The Balaban J connectivity index is 1.41. The largest absolute Gasteiger partial charge is 0.459 e. The van der Waals surface area contributed by atoms with Crippen LogP contribution in [0.1, 0.15) is 18.2 Å². The molecular weight excluding hydrogens is 439 g/mol. The molecule has 33 heavy (non-hydrogen) atoms. The highest BCUT2D eigenvalue weighted by Gasteiger charge is 2.35. The van der Waals surface area contributed by atoms with Gasteiger partial charge in [0.25, 0.3) is 5.89 Å². The Morgan fingerprint density at radius 2 is 1.91 bits per heavy atom. The van der Waals surface area contributed by atoms with E-state index in [1.807, 2.05) is 15.9 Å². The Labute approximate surface area is 187 Å². The molecule has 0 saturated carbocycles. The third-order valence-corrected chi connectivity index (χ3v) is 5.47. The molecule has 1 aromatic carbocycles. The molecule has 1 unspecified atom stereocenters. The molecule has 1 aliphatic heterocycles. The normalized spacial score (nSPS) is 15.8. The number of anilines is 2. The maximum atomic E-state index is 13.2. The molecule has 172 valence electrons. The van der Waals surface area contributed by atoms with E-state index < -0.39 is 23.7 Å². The van der Waals surface area contributed by atoms with E-state index in [0.29, 0.717) is 37.8 Å². The quantitative estimate of drug-likeness (QED) is 0.616. The van der Waals surface area contributed by atoms with Crippen LogP contribution in [-0.2, 0) is 11.0 Å². The maximum absolute atomic E-state index is 13.2. The van der Waals surface area contributed by atoms with Crippen LogP contribution in [0.5, 0.6) is 0 Å². The second-order valence-corrected chi connectivity index (χ2v) is 7.49. The molecule has 11 heteroatoms. The number of nitrogens with one attached hydrogen (secondary N) is 1. The van der Waals surface area contributed by atoms with Crippen molar-refractivity contribution in [1.29, 1.82) is 5.26 Å². The Morgan fingerprint density at radius 3 is 2.55 bits per heavy atom. The molecule has 4 rings (SSSR count). The molecule has 2 aromatic heterocycles. The summed E-state index contributed by atoms with van der Waals surface area (Å²) in [4.78, 5) is 20.5. The number of hydrogen-bond acceptors (Lipinski definition) is 7. The van der Waals surface area contributed by atoms with Crippen molar-refractivity contribution in [2.45, 2.75) is 19.1 Å². The van der Waals surface area contributed by atoms with Gasteiger partial charge in [-0.05, 0) is 31.2 Å². The summed E-state index contributed by atoms with van der Waals surface area (Å²) in [7, 11) is 0. The van der Waals surface area contributed by atoms with Gasteiger partial charge in [0, 0.05) is 26.2 Å². The van der Waals surface area contributed by atoms with Gasteiger partial charge in [-0.15, -0.1) is 0 Å². The lowest BCUT2D eigenvalue weighted by molar-refractivity contribution is -0.137. The lowest BCUT2D eigenvalue weighted by Gasteiger charge is -2.37. The second kappa shape index (κ2) is 8.99. The summed E-state index contributed by atoms with van der Waals surface area (Å²) in [6.45, 7) is 3.41. The first-order chi connectivity index (χ1) is 15.8. The molecule has 1 N–H and O–H groups in total. The number of nitriles is 1. The highest BCUT2D eigenvalue weighted by Crippen LogP contribution is 2.35. The van der Waals surface area contributed by atoms with Crippen LogP contribution in [0.2, 0.25) is 0 Å². The molecule has 1 saturated heterocycles. The molecule has 1 aliphatic rings. The molecule has 0 radical (unpaired) electrons. The smallest absolute Gasteiger partial charge is 0.418 e. The van der Waals surface area contributed by atoms with E-state index in [9.17, 15) is 23.2 Å². The van der Waals surface area contributed by atoms with Crippen molar-refractivity contribution in [2.24, 2.45) is 0 Å². The van der Waals surface area contributed by atoms with Gasteiger partial charge < -0.3 is 19.1 Å². The Hall–Kier alpha value is -3.78. The molecular formula is C22H20F3N5O3. The molecule has 8 nitrogen and oxygen atoms in total. The van der Waals surface area contributed by atoms with Crippen molar-refractivity contribution in [3.05, 3.63) is 53.9 Å². The molecule has 0 bridgehead atoms. The van der Waals surface area contributed by atoms with Gasteiger partial charge in [-0.3, -0.25) is 9.69 Å². The minimum atomic E-state index is -4.57. The molecule has 0 spiro atoms. The molecule has 1 atom stereocenters. The lowest BCUT2D eigenvalue weighted by Crippen LogP contribution is -2.53. The van der Waals surface area contributed by atoms with Crippen LogP contribution in [0.15, 0.2) is 51.5 Å². The number of oxazole rings is 1. The molecule has 1 fully saturated rings. The molecule has 3 heterocycles. The predicted molar refractivity (Wildman–Crippen MR) is 112 cm³/mol. The Bertz CT molecular complexity index is 1160. The van der Waals surface area contributed by atoms with Crippen molar-refractivity contribution in [3.8, 4) is 17.7 Å². The standard InChI is InChI=1S/C22H20F3N5O3/c1-14(19(31)27-16-6-3-2-5-15(16)22(23,24)25)29-8-10-30(11-9-29)21-17(13-26)28-20(33-21)18-7-4-12-32-18/h2-7,12,14H,8-11H2,1H3,(H,27,31). The van der Waals surface area contributed by atoms with Crippen LogP contribution >= 0.6 is 0 Å². The number of alkyl halides is 3. The van der Waals surface area contributed by atoms with Gasteiger partial charge in [0.15, 0.2) is 5.76 Å². The summed E-state index contributed by atoms with van der Waals surface area (Å²) in [5.41, 5.74) is -1.03. The van der Waals surface area contributed by atoms with E-state index >= 15 is 0 Å². The third kappa shape index (κ3) is 4.70. The second-order valence-electron chi connectivity index (χ2n) is 7.49. The zero-order chi connectivity index (χ0) is 23.6. The van der Waals surface area contributed by atoms with E-state index in [2.05, 4.69) is 10.3 Å². The highest BCUT2D eigenvalue weighted by molar-refractivity contribution is 5.95. The zero-order valence-corrected chi connectivity index (χ0v) is 17.6. The number of nitrogens with zero attached hydrogens (tertiary/aromatic N) is 4. The SMILES string of the molecule is CC(C(=O)Nc1ccccc1C(F)(F)F)N1CCN(c2oc(-c3ccco3)nc2C#N)CC1. The maximum Gasteiger partial charge on any atom is 0.418 e. The number of aromatic nitrogens is 1. The van der Waals surface area contributed by atoms with Gasteiger partial charge in [0.1, 0.15) is 6.07 Å². The number of para-hydroxylation sites is 1. The molecule has 0 aliphatic carbocycles. The van der Waals surface area contributed by atoms with Gasteiger partial charge in [-0.2, -0.15) is 23.4 Å². The van der Waals surface area contributed by atoms with E-state index in [0.717, 1.165) is 6.07 Å². The van der Waals surface area contributed by atoms with Gasteiger partial charge in [0.05, 0.1) is 23.6 Å². The van der Waals surface area contributed by atoms with Gasteiger partial charge >= 0.3 is 6.18 Å². The van der Waals surface area contributed by atoms with Gasteiger partial charge in [0.2, 0.25) is 17.5 Å². The van der Waals surface area contributed by atoms with E-state index in [1.54, 1.807) is 19.1 Å². The average molecular weight is 459 g/mol. The van der Waals surface area contributed by atoms with Crippen molar-refractivity contribution < 1.29 is 26.8 Å². The minimum absolute atomic E-state index is 0.129. The number of halogens is 3. The van der Waals surface area contributed by atoms with Crippen LogP contribution in [0.25, 0.3) is 11.7 Å². The predicted octanol–water partition coefficient (Wildman–Crippen LogP) is 3.97. The summed E-state index contributed by atoms with van der Waals surface area (Å²) in [5, 5.41) is 11.8. The van der Waals surface area contributed by atoms with Crippen LogP contribution in [0.3, 0.4) is 0 Å². The topological polar surface area (TPSA) is 98.5 Å². The number of furan rings is 1. The first kappa shape index (κ1) is 22.4. The number of hydrogen-bond donors (Lipinski definition) is 1. The Morgan fingerprint density at radius 1 is 1.18 bits per heavy atom. The fraction of sp³-hybridized carbons (Fsp3) is 0.318. The number of piperazine rings is 1. The first-order valence-electron chi connectivity index (χ1n) is 10.2. The van der Waals surface area contributed by atoms with Crippen LogP contribution in [0, 0.1) is 11.3 Å². The first-order valence-corrected chi connectivity index (χ1v) is 10.2. The third-order valence-electron chi connectivity index (χ3n) is 5.47. The summed E-state index contributed by atoms with van der Waals surface area (Å²) < 4.78 is 50.6. The van der Waals surface area contributed by atoms with Gasteiger partial charge in [-0.25, -0.2) is 0 Å². The zero-order valence-electron chi connectivity index (χ0n) is 17.6. The molecule has 3 aromatic rings. The van der Waals surface area contributed by atoms with E-state index in [4.69, 9.17) is 8.83 Å². The average Bonchev–Trinajstić information content (AvgIpc) is 3.48. The Kier molecular flexibility index (Phi) is 6.11.